The van der Waals surface area contributed by atoms with Crippen LogP contribution in [0.3, 0.4) is 0 Å². The Morgan fingerprint density at radius 2 is 2.18 bits per heavy atom. The third kappa shape index (κ3) is 2.36. The van der Waals surface area contributed by atoms with Gasteiger partial charge in [0.25, 0.3) is 0 Å². The molecule has 1 heterocycles. The Kier molecular flexibility index (Phi) is 3.24. The Labute approximate surface area is 104 Å². The summed E-state index contributed by atoms with van der Waals surface area (Å²) in [5, 5.41) is 2.59. The zero-order chi connectivity index (χ0) is 12.4. The van der Waals surface area contributed by atoms with Crippen LogP contribution in [0.4, 0.5) is 0 Å². The summed E-state index contributed by atoms with van der Waals surface area (Å²) in [4.78, 5) is 15.5. The highest BCUT2D eigenvalue weighted by molar-refractivity contribution is 7.13. The molecule has 0 amide bonds. The van der Waals surface area contributed by atoms with Crippen molar-refractivity contribution in [3.63, 3.8) is 0 Å². The van der Waals surface area contributed by atoms with Gasteiger partial charge in [-0.15, -0.1) is 11.3 Å². The average molecular weight is 247 g/mol. The number of nitrogens with zero attached hydrogens (tertiary/aromatic N) is 1. The number of aromatic nitrogens is 1. The van der Waals surface area contributed by atoms with Gasteiger partial charge in [-0.25, -0.2) is 4.98 Å². The number of aryl methyl sites for hydroxylation is 1. The molecule has 88 valence electrons. The van der Waals surface area contributed by atoms with Gasteiger partial charge in [0.1, 0.15) is 16.5 Å². The minimum Gasteiger partial charge on any atom is -0.496 e. The number of Topliss-reactive ketones (excluding diaryl/α,β-unsaturated/α-hetero) is 1. The van der Waals surface area contributed by atoms with Gasteiger partial charge in [-0.1, -0.05) is 6.07 Å². The summed E-state index contributed by atoms with van der Waals surface area (Å²) in [6.07, 6.45) is 0. The summed E-state index contributed by atoms with van der Waals surface area (Å²) >= 11 is 1.45. The van der Waals surface area contributed by atoms with Crippen LogP contribution in [0.15, 0.2) is 23.6 Å². The highest BCUT2D eigenvalue weighted by Crippen LogP contribution is 2.32. The Bertz CT molecular complexity index is 560. The van der Waals surface area contributed by atoms with Crippen molar-refractivity contribution < 1.29 is 9.53 Å². The number of rotatable bonds is 3. The van der Waals surface area contributed by atoms with Gasteiger partial charge in [0.2, 0.25) is 0 Å². The fourth-order valence-corrected chi connectivity index (χ4v) is 2.42. The fraction of sp³-hybridized carbons (Fsp3) is 0.231. The van der Waals surface area contributed by atoms with E-state index in [-0.39, 0.29) is 5.78 Å². The molecule has 17 heavy (non-hydrogen) atoms. The van der Waals surface area contributed by atoms with Gasteiger partial charge in [-0.05, 0) is 24.6 Å². The maximum Gasteiger partial charge on any atom is 0.178 e. The smallest absolute Gasteiger partial charge is 0.178 e. The number of carbonyl (C=O) groups is 1. The zero-order valence-electron chi connectivity index (χ0n) is 9.98. The first-order valence-corrected chi connectivity index (χ1v) is 6.11. The van der Waals surface area contributed by atoms with Gasteiger partial charge < -0.3 is 4.74 Å². The summed E-state index contributed by atoms with van der Waals surface area (Å²) in [5.74, 6) is 0.771. The molecule has 0 aliphatic carbocycles. The van der Waals surface area contributed by atoms with Crippen molar-refractivity contribution in [1.82, 2.24) is 4.98 Å². The number of carbonyl (C=O) groups excluding carboxylic acids is 1. The summed E-state index contributed by atoms with van der Waals surface area (Å²) in [6, 6.07) is 5.94. The SMILES string of the molecule is COc1cc(C)ccc1-c1nc(C(C)=O)cs1. The van der Waals surface area contributed by atoms with Crippen LogP contribution >= 0.6 is 11.3 Å². The lowest BCUT2D eigenvalue weighted by Crippen LogP contribution is -1.92. The van der Waals surface area contributed by atoms with Crippen molar-refractivity contribution in [3.8, 4) is 16.3 Å². The first kappa shape index (κ1) is 11.8. The monoisotopic (exact) mass is 247 g/mol. The third-order valence-corrected chi connectivity index (χ3v) is 3.33. The minimum atomic E-state index is -0.0152. The minimum absolute atomic E-state index is 0.0152. The van der Waals surface area contributed by atoms with E-state index in [4.69, 9.17) is 4.74 Å². The third-order valence-electron chi connectivity index (χ3n) is 2.45. The topological polar surface area (TPSA) is 39.2 Å². The Morgan fingerprint density at radius 3 is 2.76 bits per heavy atom. The molecule has 0 spiro atoms. The van der Waals surface area contributed by atoms with Crippen molar-refractivity contribution in [1.29, 1.82) is 0 Å². The van der Waals surface area contributed by atoms with Crippen molar-refractivity contribution in [3.05, 3.63) is 34.8 Å². The molecule has 0 unspecified atom stereocenters. The molecular formula is C13H13NO2S. The van der Waals surface area contributed by atoms with Crippen molar-refractivity contribution in [2.24, 2.45) is 0 Å². The highest BCUT2D eigenvalue weighted by atomic mass is 32.1. The summed E-state index contributed by atoms with van der Waals surface area (Å²) < 4.78 is 5.33. The number of thiazole rings is 1. The van der Waals surface area contributed by atoms with E-state index in [1.54, 1.807) is 12.5 Å². The second-order valence-corrected chi connectivity index (χ2v) is 4.66. The lowest BCUT2D eigenvalue weighted by Gasteiger charge is -2.06. The number of methoxy groups -OCH3 is 1. The molecule has 1 aromatic carbocycles. The van der Waals surface area contributed by atoms with E-state index in [0.29, 0.717) is 5.69 Å². The van der Waals surface area contributed by atoms with Crippen molar-refractivity contribution in [2.45, 2.75) is 13.8 Å². The number of ketones is 1. The van der Waals surface area contributed by atoms with E-state index in [1.807, 2.05) is 25.1 Å². The largest absolute Gasteiger partial charge is 0.496 e. The van der Waals surface area contributed by atoms with E-state index < -0.39 is 0 Å². The number of benzene rings is 1. The maximum absolute atomic E-state index is 11.2. The van der Waals surface area contributed by atoms with E-state index in [2.05, 4.69) is 4.98 Å². The van der Waals surface area contributed by atoms with Crippen LogP contribution in [0.2, 0.25) is 0 Å². The molecule has 2 aromatic rings. The Morgan fingerprint density at radius 1 is 1.41 bits per heavy atom. The van der Waals surface area contributed by atoms with Gasteiger partial charge in [-0.3, -0.25) is 4.79 Å². The van der Waals surface area contributed by atoms with Crippen LogP contribution in [0.1, 0.15) is 23.0 Å². The molecule has 0 N–H and O–H groups in total. The molecule has 2 rings (SSSR count). The molecule has 0 aliphatic rings. The predicted octanol–water partition coefficient (Wildman–Crippen LogP) is 3.33. The first-order valence-electron chi connectivity index (χ1n) is 5.23. The standard InChI is InChI=1S/C13H13NO2S/c1-8-4-5-10(12(6-8)16-3)13-14-11(7-17-13)9(2)15/h4-7H,1-3H3. The van der Waals surface area contributed by atoms with Gasteiger partial charge in [0, 0.05) is 12.3 Å². The number of hydrogen-bond donors (Lipinski definition) is 0. The van der Waals surface area contributed by atoms with Crippen LogP contribution in [0, 0.1) is 6.92 Å². The number of hydrogen-bond acceptors (Lipinski definition) is 4. The Balaban J connectivity index is 2.48. The molecular weight excluding hydrogens is 234 g/mol. The van der Waals surface area contributed by atoms with E-state index in [9.17, 15) is 4.79 Å². The summed E-state index contributed by atoms with van der Waals surface area (Å²) in [6.45, 7) is 3.53. The molecule has 0 saturated heterocycles. The fourth-order valence-electron chi connectivity index (χ4n) is 1.53. The summed E-state index contributed by atoms with van der Waals surface area (Å²) in [7, 11) is 1.64. The maximum atomic E-state index is 11.2. The molecule has 3 nitrogen and oxygen atoms in total. The van der Waals surface area contributed by atoms with Crippen molar-refractivity contribution in [2.75, 3.05) is 7.11 Å². The average Bonchev–Trinajstić information content (AvgIpc) is 2.78. The molecule has 0 atom stereocenters. The normalized spacial score (nSPS) is 10.3. The van der Waals surface area contributed by atoms with Gasteiger partial charge in [-0.2, -0.15) is 0 Å². The van der Waals surface area contributed by atoms with Crippen LogP contribution in [0.5, 0.6) is 5.75 Å². The second-order valence-electron chi connectivity index (χ2n) is 3.80. The Hall–Kier alpha value is -1.68. The lowest BCUT2D eigenvalue weighted by atomic mass is 10.1. The predicted molar refractivity (Wildman–Crippen MR) is 68.8 cm³/mol. The van der Waals surface area contributed by atoms with E-state index in [1.165, 1.54) is 18.3 Å². The lowest BCUT2D eigenvalue weighted by molar-refractivity contribution is 0.101. The van der Waals surface area contributed by atoms with Crippen LogP contribution in [0.25, 0.3) is 10.6 Å². The molecule has 0 radical (unpaired) electrons. The van der Waals surface area contributed by atoms with Crippen molar-refractivity contribution >= 4 is 17.1 Å². The van der Waals surface area contributed by atoms with Gasteiger partial charge in [0.05, 0.1) is 12.7 Å². The summed E-state index contributed by atoms with van der Waals surface area (Å²) in [5.41, 5.74) is 2.57. The molecule has 0 aliphatic heterocycles. The molecule has 0 fully saturated rings. The van der Waals surface area contributed by atoms with Crippen LogP contribution < -0.4 is 4.74 Å². The number of ether oxygens (including phenoxy) is 1. The molecule has 0 bridgehead atoms. The zero-order valence-corrected chi connectivity index (χ0v) is 10.8. The quantitative estimate of drug-likeness (QED) is 0.781. The van der Waals surface area contributed by atoms with E-state index >= 15 is 0 Å². The first-order chi connectivity index (χ1) is 8.11. The van der Waals surface area contributed by atoms with Crippen LogP contribution in [-0.4, -0.2) is 17.9 Å². The molecule has 0 saturated carbocycles. The van der Waals surface area contributed by atoms with Gasteiger partial charge >= 0.3 is 0 Å². The highest BCUT2D eigenvalue weighted by Gasteiger charge is 2.12. The second kappa shape index (κ2) is 4.67. The van der Waals surface area contributed by atoms with Gasteiger partial charge in [0.15, 0.2) is 5.78 Å². The molecule has 1 aromatic heterocycles. The van der Waals surface area contributed by atoms with Crippen LogP contribution in [-0.2, 0) is 0 Å². The molecule has 4 heteroatoms. The van der Waals surface area contributed by atoms with E-state index in [0.717, 1.165) is 21.9 Å².